The highest BCUT2D eigenvalue weighted by molar-refractivity contribution is 7.89. The molecule has 2 aromatic carbocycles. The predicted molar refractivity (Wildman–Crippen MR) is 130 cm³/mol. The number of sulfonamides is 1. The van der Waals surface area contributed by atoms with Gasteiger partial charge in [-0.05, 0) is 23.8 Å². The zero-order chi connectivity index (χ0) is 24.0. The van der Waals surface area contributed by atoms with Gasteiger partial charge in [0.2, 0.25) is 10.0 Å². The number of ketones is 1. The average Bonchev–Trinajstić information content (AvgIpc) is 2.88. The molecule has 184 valence electrons. The summed E-state index contributed by atoms with van der Waals surface area (Å²) in [6.45, 7) is 5.07. The lowest BCUT2D eigenvalue weighted by molar-refractivity contribution is 0.0162. The van der Waals surface area contributed by atoms with Crippen LogP contribution in [0.3, 0.4) is 0 Å². The van der Waals surface area contributed by atoms with Gasteiger partial charge in [0.25, 0.3) is 0 Å². The predicted octanol–water partition coefficient (Wildman–Crippen LogP) is 2.21. The topological polar surface area (TPSA) is 88.2 Å². The van der Waals surface area contributed by atoms with Crippen molar-refractivity contribution in [2.24, 2.45) is 0 Å². The van der Waals surface area contributed by atoms with Gasteiger partial charge in [-0.15, -0.1) is 0 Å². The number of morpholine rings is 2. The molecular weight excluding hydrogens is 478 g/mol. The van der Waals surface area contributed by atoms with E-state index in [0.717, 1.165) is 18.7 Å². The number of halogens is 1. The summed E-state index contributed by atoms with van der Waals surface area (Å²) in [4.78, 5) is 15.3. The lowest BCUT2D eigenvalue weighted by Gasteiger charge is -2.35. The van der Waals surface area contributed by atoms with Crippen LogP contribution < -0.4 is 5.32 Å². The SMILES string of the molecule is O=C(CNCC(c1ccccc1Cl)N1CCOCC1)c1ccc(S(=O)(=O)N2CCOCC2)cc1. The molecule has 0 amide bonds. The van der Waals surface area contributed by atoms with Crippen LogP contribution in [-0.4, -0.2) is 89.1 Å². The summed E-state index contributed by atoms with van der Waals surface area (Å²) >= 11 is 6.47. The van der Waals surface area contributed by atoms with Crippen molar-refractivity contribution < 1.29 is 22.7 Å². The molecule has 34 heavy (non-hydrogen) atoms. The molecule has 1 unspecified atom stereocenters. The smallest absolute Gasteiger partial charge is 0.243 e. The van der Waals surface area contributed by atoms with Gasteiger partial charge in [0.15, 0.2) is 5.78 Å². The fourth-order valence-corrected chi connectivity index (χ4v) is 5.91. The Morgan fingerprint density at radius 3 is 2.21 bits per heavy atom. The summed E-state index contributed by atoms with van der Waals surface area (Å²) in [5.74, 6) is -0.102. The van der Waals surface area contributed by atoms with Gasteiger partial charge in [0, 0.05) is 49.4 Å². The van der Waals surface area contributed by atoms with Crippen LogP contribution in [0.2, 0.25) is 5.02 Å². The average molecular weight is 508 g/mol. The van der Waals surface area contributed by atoms with Gasteiger partial charge in [-0.1, -0.05) is 41.9 Å². The molecule has 1 N–H and O–H groups in total. The second-order valence-corrected chi connectivity index (χ2v) is 10.6. The molecule has 0 bridgehead atoms. The summed E-state index contributed by atoms with van der Waals surface area (Å²) in [5.41, 5.74) is 1.48. The summed E-state index contributed by atoms with van der Waals surface area (Å²) in [6.07, 6.45) is 0. The van der Waals surface area contributed by atoms with Crippen molar-refractivity contribution in [2.75, 3.05) is 65.7 Å². The number of hydrogen-bond acceptors (Lipinski definition) is 7. The molecule has 2 fully saturated rings. The first kappa shape index (κ1) is 25.2. The molecule has 8 nitrogen and oxygen atoms in total. The number of ether oxygens (including phenoxy) is 2. The van der Waals surface area contributed by atoms with E-state index in [4.69, 9.17) is 21.1 Å². The van der Waals surface area contributed by atoms with Gasteiger partial charge in [-0.2, -0.15) is 4.31 Å². The molecule has 2 aromatic rings. The molecule has 0 spiro atoms. The molecule has 1 atom stereocenters. The van der Waals surface area contributed by atoms with Gasteiger partial charge >= 0.3 is 0 Å². The quantitative estimate of drug-likeness (QED) is 0.520. The number of Topliss-reactive ketones (excluding diaryl/α,β-unsaturated/α-hetero) is 1. The van der Waals surface area contributed by atoms with Gasteiger partial charge in [-0.3, -0.25) is 9.69 Å². The number of benzene rings is 2. The Morgan fingerprint density at radius 1 is 0.941 bits per heavy atom. The third kappa shape index (κ3) is 6.04. The molecular formula is C24H30ClN3O5S. The minimum Gasteiger partial charge on any atom is -0.379 e. The molecule has 0 aliphatic carbocycles. The van der Waals surface area contributed by atoms with E-state index >= 15 is 0 Å². The zero-order valence-electron chi connectivity index (χ0n) is 19.0. The van der Waals surface area contributed by atoms with Crippen LogP contribution in [0.5, 0.6) is 0 Å². The standard InChI is InChI=1S/C24H30ClN3O5S/c25-22-4-2-1-3-21(22)23(27-9-13-32-14-10-27)17-26-18-24(29)19-5-7-20(8-6-19)34(30,31)28-11-15-33-16-12-28/h1-8,23,26H,9-18H2. The Bertz CT molecular complexity index is 1070. The van der Waals surface area contributed by atoms with Crippen molar-refractivity contribution in [1.82, 2.24) is 14.5 Å². The van der Waals surface area contributed by atoms with Crippen LogP contribution >= 0.6 is 11.6 Å². The highest BCUT2D eigenvalue weighted by atomic mass is 35.5. The maximum atomic E-state index is 12.8. The van der Waals surface area contributed by atoms with Gasteiger partial charge in [0.1, 0.15) is 0 Å². The van der Waals surface area contributed by atoms with Crippen LogP contribution in [0, 0.1) is 0 Å². The van der Waals surface area contributed by atoms with Gasteiger partial charge < -0.3 is 14.8 Å². The van der Waals surface area contributed by atoms with E-state index in [1.165, 1.54) is 16.4 Å². The van der Waals surface area contributed by atoms with Crippen molar-refractivity contribution in [3.63, 3.8) is 0 Å². The molecule has 2 saturated heterocycles. The molecule has 10 heteroatoms. The molecule has 2 aliphatic rings. The van der Waals surface area contributed by atoms with E-state index in [0.29, 0.717) is 56.6 Å². The molecule has 4 rings (SSSR count). The third-order valence-corrected chi connectivity index (χ3v) is 8.42. The van der Waals surface area contributed by atoms with E-state index in [1.54, 1.807) is 12.1 Å². The summed E-state index contributed by atoms with van der Waals surface area (Å²) < 4.78 is 37.7. The number of carbonyl (C=O) groups is 1. The first-order chi connectivity index (χ1) is 16.5. The molecule has 0 saturated carbocycles. The lowest BCUT2D eigenvalue weighted by atomic mass is 10.0. The van der Waals surface area contributed by atoms with Crippen LogP contribution in [0.1, 0.15) is 22.0 Å². The fraction of sp³-hybridized carbons (Fsp3) is 0.458. The number of carbonyl (C=O) groups excluding carboxylic acids is 1. The minimum absolute atomic E-state index is 0.0199. The van der Waals surface area contributed by atoms with Crippen molar-refractivity contribution in [3.05, 3.63) is 64.7 Å². The second kappa shape index (κ2) is 11.7. The minimum atomic E-state index is -3.58. The van der Waals surface area contributed by atoms with Crippen molar-refractivity contribution in [3.8, 4) is 0 Å². The number of nitrogens with zero attached hydrogens (tertiary/aromatic N) is 2. The van der Waals surface area contributed by atoms with Crippen LogP contribution in [0.15, 0.2) is 53.4 Å². The van der Waals surface area contributed by atoms with Gasteiger partial charge in [0.05, 0.1) is 37.9 Å². The Hall–Kier alpha value is -1.85. The largest absolute Gasteiger partial charge is 0.379 e. The summed E-state index contributed by atoms with van der Waals surface area (Å²) in [7, 11) is -3.58. The number of nitrogens with one attached hydrogen (secondary N) is 1. The second-order valence-electron chi connectivity index (χ2n) is 8.28. The molecule has 2 heterocycles. The van der Waals surface area contributed by atoms with E-state index < -0.39 is 10.0 Å². The third-order valence-electron chi connectivity index (χ3n) is 6.16. The number of rotatable bonds is 9. The van der Waals surface area contributed by atoms with Crippen molar-refractivity contribution in [1.29, 1.82) is 0 Å². The molecule has 0 radical (unpaired) electrons. The Morgan fingerprint density at radius 2 is 1.56 bits per heavy atom. The summed E-state index contributed by atoms with van der Waals surface area (Å²) in [5, 5.41) is 3.97. The first-order valence-electron chi connectivity index (χ1n) is 11.4. The van der Waals surface area contributed by atoms with Gasteiger partial charge in [-0.25, -0.2) is 8.42 Å². The van der Waals surface area contributed by atoms with E-state index in [2.05, 4.69) is 10.2 Å². The van der Waals surface area contributed by atoms with Crippen LogP contribution in [0.4, 0.5) is 0 Å². The first-order valence-corrected chi connectivity index (χ1v) is 13.3. The van der Waals surface area contributed by atoms with Crippen LogP contribution in [0.25, 0.3) is 0 Å². The Labute approximate surface area is 205 Å². The maximum absolute atomic E-state index is 12.8. The fourth-order valence-electron chi connectivity index (χ4n) is 4.24. The highest BCUT2D eigenvalue weighted by Gasteiger charge is 2.27. The van der Waals surface area contributed by atoms with E-state index in [9.17, 15) is 13.2 Å². The van der Waals surface area contributed by atoms with E-state index in [-0.39, 0.29) is 23.3 Å². The monoisotopic (exact) mass is 507 g/mol. The Kier molecular flexibility index (Phi) is 8.70. The summed E-state index contributed by atoms with van der Waals surface area (Å²) in [6, 6.07) is 13.9. The normalized spacial score (nSPS) is 19.1. The zero-order valence-corrected chi connectivity index (χ0v) is 20.6. The molecule has 0 aromatic heterocycles. The maximum Gasteiger partial charge on any atom is 0.243 e. The van der Waals surface area contributed by atoms with E-state index in [1.807, 2.05) is 24.3 Å². The number of hydrogen-bond donors (Lipinski definition) is 1. The highest BCUT2D eigenvalue weighted by Crippen LogP contribution is 2.27. The van der Waals surface area contributed by atoms with Crippen molar-refractivity contribution >= 4 is 27.4 Å². The molecule has 2 aliphatic heterocycles. The van der Waals surface area contributed by atoms with Crippen molar-refractivity contribution in [2.45, 2.75) is 10.9 Å². The lowest BCUT2D eigenvalue weighted by Crippen LogP contribution is -2.43. The van der Waals surface area contributed by atoms with Crippen LogP contribution in [-0.2, 0) is 19.5 Å². The Balaban J connectivity index is 1.38.